The van der Waals surface area contributed by atoms with E-state index in [9.17, 15) is 0 Å². The lowest BCUT2D eigenvalue weighted by atomic mass is 9.76. The van der Waals surface area contributed by atoms with Crippen LogP contribution in [0.3, 0.4) is 0 Å². The average Bonchev–Trinajstić information content (AvgIpc) is 2.28. The summed E-state index contributed by atoms with van der Waals surface area (Å²) in [6.45, 7) is 7.72. The fraction of sp³-hybridized carbons (Fsp3) is 0.600. The molecule has 0 aliphatic rings. The molecule has 0 saturated heterocycles. The number of nitrogens with one attached hydrogen (secondary N) is 1. The van der Waals surface area contributed by atoms with Gasteiger partial charge in [-0.2, -0.15) is 0 Å². The second kappa shape index (κ2) is 6.44. The Morgan fingerprint density at radius 1 is 1.39 bits per heavy atom. The van der Waals surface area contributed by atoms with E-state index in [1.54, 1.807) is 7.11 Å². The van der Waals surface area contributed by atoms with E-state index < -0.39 is 0 Å². The van der Waals surface area contributed by atoms with E-state index in [0.717, 1.165) is 18.7 Å². The van der Waals surface area contributed by atoms with Crippen molar-refractivity contribution >= 4 is 11.6 Å². The fourth-order valence-corrected chi connectivity index (χ4v) is 2.88. The third-order valence-electron chi connectivity index (χ3n) is 3.27. The molecule has 0 spiro atoms. The molecule has 102 valence electrons. The van der Waals surface area contributed by atoms with Gasteiger partial charge < -0.3 is 10.1 Å². The molecule has 1 aromatic carbocycles. The first kappa shape index (κ1) is 15.3. The van der Waals surface area contributed by atoms with Gasteiger partial charge in [-0.05, 0) is 37.1 Å². The Balaban J connectivity index is 3.09. The molecular weight excluding hydrogens is 246 g/mol. The van der Waals surface area contributed by atoms with Crippen molar-refractivity contribution in [3.05, 3.63) is 28.8 Å². The van der Waals surface area contributed by atoms with E-state index in [1.165, 1.54) is 5.56 Å². The normalized spacial score (nSPS) is 14.6. The zero-order valence-corrected chi connectivity index (χ0v) is 12.8. The molecule has 1 rings (SSSR count). The first-order valence-corrected chi connectivity index (χ1v) is 6.79. The molecule has 0 saturated carbocycles. The number of hydrogen-bond acceptors (Lipinski definition) is 2. The maximum atomic E-state index is 6.23. The van der Waals surface area contributed by atoms with Crippen LogP contribution in [0.5, 0.6) is 5.75 Å². The standard InChI is InChI=1S/C15H24ClNO/c1-11(2)9-15(3,10-17-4)12-6-7-14(18-5)13(16)8-12/h6-8,11,17H,9-10H2,1-5H3. The number of ether oxygens (including phenoxy) is 1. The molecule has 2 nitrogen and oxygen atoms in total. The van der Waals surface area contributed by atoms with Crippen LogP contribution in [0.4, 0.5) is 0 Å². The summed E-state index contributed by atoms with van der Waals surface area (Å²) in [6.07, 6.45) is 1.12. The molecule has 1 aromatic rings. The molecule has 0 aromatic heterocycles. The van der Waals surface area contributed by atoms with Crippen molar-refractivity contribution in [2.45, 2.75) is 32.6 Å². The SMILES string of the molecule is CNCC(C)(CC(C)C)c1ccc(OC)c(Cl)c1. The van der Waals surface area contributed by atoms with E-state index in [4.69, 9.17) is 16.3 Å². The smallest absolute Gasteiger partial charge is 0.137 e. The first-order valence-electron chi connectivity index (χ1n) is 6.41. The van der Waals surface area contributed by atoms with Crippen LogP contribution in [0.1, 0.15) is 32.8 Å². The summed E-state index contributed by atoms with van der Waals surface area (Å²) in [4.78, 5) is 0. The van der Waals surface area contributed by atoms with Crippen LogP contribution in [0.15, 0.2) is 18.2 Å². The van der Waals surface area contributed by atoms with Gasteiger partial charge in [-0.3, -0.25) is 0 Å². The van der Waals surface area contributed by atoms with Gasteiger partial charge in [0, 0.05) is 12.0 Å². The minimum Gasteiger partial charge on any atom is -0.495 e. The Bertz CT molecular complexity index is 392. The molecule has 0 amide bonds. The topological polar surface area (TPSA) is 21.3 Å². The third kappa shape index (κ3) is 3.63. The van der Waals surface area contributed by atoms with Crippen molar-refractivity contribution in [1.29, 1.82) is 0 Å². The molecule has 1 unspecified atom stereocenters. The molecule has 0 aliphatic carbocycles. The van der Waals surface area contributed by atoms with E-state index in [2.05, 4.69) is 32.2 Å². The molecular formula is C15H24ClNO. The quantitative estimate of drug-likeness (QED) is 0.846. The average molecular weight is 270 g/mol. The largest absolute Gasteiger partial charge is 0.495 e. The van der Waals surface area contributed by atoms with E-state index >= 15 is 0 Å². The summed E-state index contributed by atoms with van der Waals surface area (Å²) in [7, 11) is 3.63. The van der Waals surface area contributed by atoms with Gasteiger partial charge in [0.25, 0.3) is 0 Å². The lowest BCUT2D eigenvalue weighted by Gasteiger charge is -2.32. The van der Waals surface area contributed by atoms with E-state index in [1.807, 2.05) is 19.2 Å². The van der Waals surface area contributed by atoms with Gasteiger partial charge in [-0.25, -0.2) is 0 Å². The van der Waals surface area contributed by atoms with Gasteiger partial charge in [0.15, 0.2) is 0 Å². The van der Waals surface area contributed by atoms with Gasteiger partial charge in [0.2, 0.25) is 0 Å². The first-order chi connectivity index (χ1) is 8.42. The summed E-state index contributed by atoms with van der Waals surface area (Å²) in [5.74, 6) is 1.38. The maximum Gasteiger partial charge on any atom is 0.137 e. The van der Waals surface area contributed by atoms with Gasteiger partial charge in [0.1, 0.15) is 5.75 Å². The second-order valence-electron chi connectivity index (χ2n) is 5.54. The highest BCUT2D eigenvalue weighted by molar-refractivity contribution is 6.32. The number of hydrogen-bond donors (Lipinski definition) is 1. The lowest BCUT2D eigenvalue weighted by molar-refractivity contribution is 0.356. The molecule has 0 fully saturated rings. The number of benzene rings is 1. The van der Waals surface area contributed by atoms with Crippen LogP contribution in [0, 0.1) is 5.92 Å². The predicted molar refractivity (Wildman–Crippen MR) is 78.7 cm³/mol. The van der Waals surface area contributed by atoms with Crippen molar-refractivity contribution in [3.63, 3.8) is 0 Å². The zero-order chi connectivity index (χ0) is 13.8. The number of methoxy groups -OCH3 is 1. The highest BCUT2D eigenvalue weighted by Gasteiger charge is 2.27. The minimum atomic E-state index is 0.0961. The van der Waals surface area contributed by atoms with Crippen LogP contribution < -0.4 is 10.1 Å². The summed E-state index contributed by atoms with van der Waals surface area (Å²) >= 11 is 6.23. The second-order valence-corrected chi connectivity index (χ2v) is 5.95. The highest BCUT2D eigenvalue weighted by atomic mass is 35.5. The monoisotopic (exact) mass is 269 g/mol. The minimum absolute atomic E-state index is 0.0961. The summed E-state index contributed by atoms with van der Waals surface area (Å²) < 4.78 is 5.21. The van der Waals surface area contributed by atoms with Gasteiger partial charge in [-0.15, -0.1) is 0 Å². The van der Waals surface area contributed by atoms with E-state index in [-0.39, 0.29) is 5.41 Å². The van der Waals surface area contributed by atoms with Crippen molar-refractivity contribution < 1.29 is 4.74 Å². The summed E-state index contributed by atoms with van der Waals surface area (Å²) in [5.41, 5.74) is 1.36. The molecule has 1 N–H and O–H groups in total. The van der Waals surface area contributed by atoms with Crippen LogP contribution >= 0.6 is 11.6 Å². The molecule has 1 atom stereocenters. The molecule has 0 bridgehead atoms. The van der Waals surface area contributed by atoms with Gasteiger partial charge in [-0.1, -0.05) is 38.4 Å². The van der Waals surface area contributed by atoms with Crippen molar-refractivity contribution in [2.24, 2.45) is 5.92 Å². The molecule has 0 radical (unpaired) electrons. The number of likely N-dealkylation sites (N-methyl/N-ethyl adjacent to an activating group) is 1. The Hall–Kier alpha value is -0.730. The van der Waals surface area contributed by atoms with Crippen LogP contribution in [-0.2, 0) is 5.41 Å². The molecule has 18 heavy (non-hydrogen) atoms. The predicted octanol–water partition coefficient (Wildman–Crippen LogP) is 3.87. The summed E-state index contributed by atoms with van der Waals surface area (Å²) in [6, 6.07) is 6.09. The number of rotatable bonds is 6. The Labute approximate surface area is 116 Å². The van der Waals surface area contributed by atoms with E-state index in [0.29, 0.717) is 10.9 Å². The molecule has 3 heteroatoms. The molecule has 0 aliphatic heterocycles. The van der Waals surface area contributed by atoms with Crippen molar-refractivity contribution in [1.82, 2.24) is 5.32 Å². The van der Waals surface area contributed by atoms with Crippen LogP contribution in [-0.4, -0.2) is 20.7 Å². The van der Waals surface area contributed by atoms with Gasteiger partial charge >= 0.3 is 0 Å². The maximum absolute atomic E-state index is 6.23. The van der Waals surface area contributed by atoms with Crippen LogP contribution in [0.2, 0.25) is 5.02 Å². The Morgan fingerprint density at radius 3 is 2.50 bits per heavy atom. The Kier molecular flexibility index (Phi) is 5.48. The molecule has 0 heterocycles. The van der Waals surface area contributed by atoms with Crippen LogP contribution in [0.25, 0.3) is 0 Å². The highest BCUT2D eigenvalue weighted by Crippen LogP contribution is 2.35. The zero-order valence-electron chi connectivity index (χ0n) is 12.0. The van der Waals surface area contributed by atoms with Crippen molar-refractivity contribution in [3.8, 4) is 5.75 Å². The number of halogens is 1. The van der Waals surface area contributed by atoms with Gasteiger partial charge in [0.05, 0.1) is 12.1 Å². The van der Waals surface area contributed by atoms with Crippen molar-refractivity contribution in [2.75, 3.05) is 20.7 Å². The third-order valence-corrected chi connectivity index (χ3v) is 3.57. The summed E-state index contributed by atoms with van der Waals surface area (Å²) in [5, 5.41) is 3.97. The lowest BCUT2D eigenvalue weighted by Crippen LogP contribution is -2.35. The fourth-order valence-electron chi connectivity index (χ4n) is 2.63. The Morgan fingerprint density at radius 2 is 2.06 bits per heavy atom.